The zero-order valence-electron chi connectivity index (χ0n) is 14.7. The lowest BCUT2D eigenvalue weighted by molar-refractivity contribution is -0.130. The molecule has 0 saturated carbocycles. The second kappa shape index (κ2) is 7.29. The van der Waals surface area contributed by atoms with Crippen LogP contribution >= 0.6 is 0 Å². The normalized spacial score (nSPS) is 17.1. The third-order valence-electron chi connectivity index (χ3n) is 4.30. The Labute approximate surface area is 153 Å². The smallest absolute Gasteiger partial charge is 0.240 e. The molecule has 0 bridgehead atoms. The van der Waals surface area contributed by atoms with Crippen LogP contribution in [0, 0.1) is 0 Å². The van der Waals surface area contributed by atoms with Gasteiger partial charge in [0.05, 0.1) is 23.2 Å². The number of benzene rings is 2. The largest absolute Gasteiger partial charge is 0.283 e. The molecule has 1 amide bonds. The average molecular weight is 371 g/mol. The van der Waals surface area contributed by atoms with Gasteiger partial charge in [-0.05, 0) is 18.6 Å². The van der Waals surface area contributed by atoms with E-state index < -0.39 is 10.0 Å². The monoisotopic (exact) mass is 371 g/mol. The summed E-state index contributed by atoms with van der Waals surface area (Å²) in [5.41, 5.74) is 2.84. The molecular weight excluding hydrogens is 350 g/mol. The van der Waals surface area contributed by atoms with Crippen molar-refractivity contribution < 1.29 is 13.2 Å². The maximum absolute atomic E-state index is 12.1. The van der Waals surface area contributed by atoms with Crippen molar-refractivity contribution in [3.63, 3.8) is 0 Å². The molecule has 3 rings (SSSR count). The summed E-state index contributed by atoms with van der Waals surface area (Å²) in [6.07, 6.45) is 0.522. The van der Waals surface area contributed by atoms with Crippen molar-refractivity contribution >= 4 is 27.3 Å². The van der Waals surface area contributed by atoms with E-state index in [1.165, 1.54) is 11.9 Å². The first-order chi connectivity index (χ1) is 12.4. The molecular formula is C19H21N3O3S. The Kier molecular flexibility index (Phi) is 5.08. The molecule has 1 heterocycles. The first-order valence-electron chi connectivity index (χ1n) is 8.43. The quantitative estimate of drug-likeness (QED) is 0.877. The third-order valence-corrected chi connectivity index (χ3v) is 5.59. The van der Waals surface area contributed by atoms with Gasteiger partial charge in [-0.3, -0.25) is 9.52 Å². The number of carbonyl (C=O) groups excluding carboxylic acids is 1. The Morgan fingerprint density at radius 3 is 2.46 bits per heavy atom. The molecule has 1 atom stereocenters. The Morgan fingerprint density at radius 1 is 1.15 bits per heavy atom. The summed E-state index contributed by atoms with van der Waals surface area (Å²) in [7, 11) is -3.41. The number of hydrazone groups is 1. The Balaban J connectivity index is 1.98. The van der Waals surface area contributed by atoms with Gasteiger partial charge in [0.25, 0.3) is 0 Å². The number of para-hydroxylation sites is 1. The van der Waals surface area contributed by atoms with Crippen molar-refractivity contribution in [2.45, 2.75) is 26.3 Å². The molecule has 0 saturated heterocycles. The number of rotatable bonds is 5. The number of nitrogens with zero attached hydrogens (tertiary/aromatic N) is 2. The van der Waals surface area contributed by atoms with E-state index in [4.69, 9.17) is 0 Å². The van der Waals surface area contributed by atoms with Crippen molar-refractivity contribution in [3.8, 4) is 0 Å². The standard InChI is InChI=1S/C19H21N3O3S/c1-3-26(24,25)21-17-12-8-7-11-16(17)18-13-19(22(20-18)14(2)23)15-9-5-4-6-10-15/h4-12,19,21H,3,13H2,1-2H3/t19-/m1/s1. The predicted molar refractivity (Wildman–Crippen MR) is 102 cm³/mol. The number of carbonyl (C=O) groups is 1. The van der Waals surface area contributed by atoms with Gasteiger partial charge in [-0.25, -0.2) is 13.4 Å². The summed E-state index contributed by atoms with van der Waals surface area (Å²) >= 11 is 0. The van der Waals surface area contributed by atoms with Gasteiger partial charge in [0.15, 0.2) is 0 Å². The van der Waals surface area contributed by atoms with Crippen LogP contribution in [0.4, 0.5) is 5.69 Å². The topological polar surface area (TPSA) is 78.8 Å². The molecule has 1 aliphatic rings. The maximum atomic E-state index is 12.1. The Bertz CT molecular complexity index is 940. The van der Waals surface area contributed by atoms with Gasteiger partial charge < -0.3 is 0 Å². The van der Waals surface area contributed by atoms with Gasteiger partial charge in [-0.1, -0.05) is 48.5 Å². The average Bonchev–Trinajstić information content (AvgIpc) is 3.08. The second-order valence-electron chi connectivity index (χ2n) is 6.09. The second-order valence-corrected chi connectivity index (χ2v) is 8.10. The molecule has 0 radical (unpaired) electrons. The number of amides is 1. The molecule has 136 valence electrons. The van der Waals surface area contributed by atoms with Crippen LogP contribution in [0.3, 0.4) is 0 Å². The van der Waals surface area contributed by atoms with Gasteiger partial charge in [-0.15, -0.1) is 0 Å². The minimum atomic E-state index is -3.41. The van der Waals surface area contributed by atoms with E-state index in [0.717, 1.165) is 5.56 Å². The van der Waals surface area contributed by atoms with Crippen molar-refractivity contribution in [2.24, 2.45) is 5.10 Å². The van der Waals surface area contributed by atoms with Crippen LogP contribution in [0.2, 0.25) is 0 Å². The van der Waals surface area contributed by atoms with Crippen LogP contribution in [-0.2, 0) is 14.8 Å². The van der Waals surface area contributed by atoms with Crippen LogP contribution in [0.5, 0.6) is 0 Å². The fourth-order valence-corrected chi connectivity index (χ4v) is 3.62. The summed E-state index contributed by atoms with van der Waals surface area (Å²) in [6.45, 7) is 3.06. The molecule has 2 aromatic carbocycles. The van der Waals surface area contributed by atoms with Crippen LogP contribution in [0.15, 0.2) is 59.7 Å². The molecule has 1 N–H and O–H groups in total. The van der Waals surface area contributed by atoms with E-state index in [-0.39, 0.29) is 17.7 Å². The number of hydrogen-bond acceptors (Lipinski definition) is 4. The zero-order chi connectivity index (χ0) is 18.7. The summed E-state index contributed by atoms with van der Waals surface area (Å²) in [5, 5.41) is 5.97. The Hall–Kier alpha value is -2.67. The van der Waals surface area contributed by atoms with E-state index in [2.05, 4.69) is 9.82 Å². The summed E-state index contributed by atoms with van der Waals surface area (Å²) < 4.78 is 26.6. The van der Waals surface area contributed by atoms with Gasteiger partial charge in [0, 0.05) is 18.9 Å². The van der Waals surface area contributed by atoms with Crippen LogP contribution in [0.1, 0.15) is 37.4 Å². The fourth-order valence-electron chi connectivity index (χ4n) is 2.96. The maximum Gasteiger partial charge on any atom is 0.240 e. The SMILES string of the molecule is CCS(=O)(=O)Nc1ccccc1C1=NN(C(C)=O)[C@@H](c2ccccc2)C1. The van der Waals surface area contributed by atoms with Gasteiger partial charge in [0.2, 0.25) is 15.9 Å². The van der Waals surface area contributed by atoms with E-state index in [0.29, 0.717) is 23.4 Å². The van der Waals surface area contributed by atoms with Gasteiger partial charge >= 0.3 is 0 Å². The van der Waals surface area contributed by atoms with Crippen molar-refractivity contribution in [1.82, 2.24) is 5.01 Å². The molecule has 0 aromatic heterocycles. The lowest BCUT2D eigenvalue weighted by atomic mass is 9.98. The molecule has 1 aliphatic heterocycles. The highest BCUT2D eigenvalue weighted by Crippen LogP contribution is 2.34. The summed E-state index contributed by atoms with van der Waals surface area (Å²) in [5.74, 6) is -0.166. The molecule has 2 aromatic rings. The molecule has 26 heavy (non-hydrogen) atoms. The zero-order valence-corrected chi connectivity index (χ0v) is 15.5. The molecule has 7 heteroatoms. The number of anilines is 1. The highest BCUT2D eigenvalue weighted by atomic mass is 32.2. The molecule has 0 aliphatic carbocycles. The highest BCUT2D eigenvalue weighted by Gasteiger charge is 2.32. The van der Waals surface area contributed by atoms with Crippen LogP contribution in [0.25, 0.3) is 0 Å². The molecule has 0 unspecified atom stereocenters. The highest BCUT2D eigenvalue weighted by molar-refractivity contribution is 7.92. The van der Waals surface area contributed by atoms with Gasteiger partial charge in [0.1, 0.15) is 0 Å². The summed E-state index contributed by atoms with van der Waals surface area (Å²) in [4.78, 5) is 12.1. The Morgan fingerprint density at radius 2 is 1.81 bits per heavy atom. The van der Waals surface area contributed by atoms with Crippen LogP contribution < -0.4 is 4.72 Å². The minimum Gasteiger partial charge on any atom is -0.283 e. The molecule has 0 spiro atoms. The van der Waals surface area contributed by atoms with Gasteiger partial charge in [-0.2, -0.15) is 5.10 Å². The van der Waals surface area contributed by atoms with E-state index in [1.54, 1.807) is 19.1 Å². The number of hydrogen-bond donors (Lipinski definition) is 1. The lowest BCUT2D eigenvalue weighted by Crippen LogP contribution is -2.24. The molecule has 6 nitrogen and oxygen atoms in total. The first kappa shape index (κ1) is 18.1. The van der Waals surface area contributed by atoms with E-state index in [9.17, 15) is 13.2 Å². The lowest BCUT2D eigenvalue weighted by Gasteiger charge is -2.20. The van der Waals surface area contributed by atoms with Crippen molar-refractivity contribution in [2.75, 3.05) is 10.5 Å². The first-order valence-corrected chi connectivity index (χ1v) is 10.1. The van der Waals surface area contributed by atoms with E-state index in [1.807, 2.05) is 42.5 Å². The molecule has 0 fully saturated rings. The van der Waals surface area contributed by atoms with Crippen molar-refractivity contribution in [3.05, 3.63) is 65.7 Å². The fraction of sp³-hybridized carbons (Fsp3) is 0.263. The van der Waals surface area contributed by atoms with E-state index >= 15 is 0 Å². The number of nitrogens with one attached hydrogen (secondary N) is 1. The van der Waals surface area contributed by atoms with Crippen molar-refractivity contribution in [1.29, 1.82) is 0 Å². The summed E-state index contributed by atoms with van der Waals surface area (Å²) in [6, 6.07) is 16.6. The third kappa shape index (κ3) is 3.77. The minimum absolute atomic E-state index is 0.0139. The predicted octanol–water partition coefficient (Wildman–Crippen LogP) is 3.15. The number of sulfonamides is 1. The van der Waals surface area contributed by atoms with Crippen LogP contribution in [-0.4, -0.2) is 30.8 Å².